The molecule has 0 aliphatic carbocycles. The molecule has 0 radical (unpaired) electrons. The fourth-order valence-corrected chi connectivity index (χ4v) is 2.35. The highest BCUT2D eigenvalue weighted by Gasteiger charge is 2.07. The molecule has 2 aromatic rings. The van der Waals surface area contributed by atoms with Gasteiger partial charge in [0.1, 0.15) is 0 Å². The first-order valence-corrected chi connectivity index (χ1v) is 8.40. The molecule has 0 aliphatic rings. The van der Waals surface area contributed by atoms with Crippen LogP contribution >= 0.6 is 11.6 Å². The van der Waals surface area contributed by atoms with Crippen molar-refractivity contribution < 1.29 is 9.72 Å². The molecule has 26 heavy (non-hydrogen) atoms. The molecule has 1 N–H and O–H groups in total. The minimum absolute atomic E-state index is 0.120. The second-order valence-corrected chi connectivity index (χ2v) is 6.00. The molecule has 0 spiro atoms. The molecule has 2 rings (SSSR count). The highest BCUT2D eigenvalue weighted by Crippen LogP contribution is 2.10. The van der Waals surface area contributed by atoms with Crippen LogP contribution in [0.4, 0.5) is 5.69 Å². The van der Waals surface area contributed by atoms with Crippen LogP contribution in [-0.2, 0) is 11.3 Å². The number of benzene rings is 1. The number of hydrogen-bond donors (Lipinski definition) is 1. The Morgan fingerprint density at radius 1 is 1.19 bits per heavy atom. The van der Waals surface area contributed by atoms with Gasteiger partial charge in [0.2, 0.25) is 5.91 Å². The Kier molecular flexibility index (Phi) is 7.11. The molecule has 0 saturated heterocycles. The van der Waals surface area contributed by atoms with Crippen LogP contribution in [0.25, 0.3) is 6.08 Å². The number of pyridine rings is 1. The molecule has 0 unspecified atom stereocenters. The SMILES string of the molecule is O=C(/C=C/c1ccc(Cl)cc1)NCCCCn1cc([N+](=O)[O-])ccc1=O. The van der Waals surface area contributed by atoms with Crippen LogP contribution in [-0.4, -0.2) is 21.9 Å². The van der Waals surface area contributed by atoms with E-state index >= 15 is 0 Å². The number of nitrogens with zero attached hydrogens (tertiary/aromatic N) is 2. The fourth-order valence-electron chi connectivity index (χ4n) is 2.22. The summed E-state index contributed by atoms with van der Waals surface area (Å²) in [5, 5.41) is 14.1. The van der Waals surface area contributed by atoms with Crippen molar-refractivity contribution in [2.75, 3.05) is 6.54 Å². The lowest BCUT2D eigenvalue weighted by atomic mass is 10.2. The standard InChI is InChI=1S/C18H18ClN3O4/c19-15-6-3-14(4-7-15)5-9-17(23)20-11-1-2-12-21-13-16(22(25)26)8-10-18(21)24/h3-10,13H,1-2,11-12H2,(H,20,23)/b9-5+. The third-order valence-electron chi connectivity index (χ3n) is 3.60. The van der Waals surface area contributed by atoms with Crippen molar-refractivity contribution in [3.05, 3.63) is 79.7 Å². The highest BCUT2D eigenvalue weighted by molar-refractivity contribution is 6.30. The van der Waals surface area contributed by atoms with E-state index in [0.717, 1.165) is 5.56 Å². The Morgan fingerprint density at radius 2 is 1.92 bits per heavy atom. The maximum atomic E-state index is 11.7. The Labute approximate surface area is 155 Å². The van der Waals surface area contributed by atoms with Gasteiger partial charge in [0.25, 0.3) is 11.2 Å². The largest absolute Gasteiger partial charge is 0.353 e. The van der Waals surface area contributed by atoms with E-state index in [2.05, 4.69) is 5.32 Å². The average molecular weight is 376 g/mol. The van der Waals surface area contributed by atoms with Crippen molar-refractivity contribution in [2.24, 2.45) is 0 Å². The van der Waals surface area contributed by atoms with E-state index in [1.807, 2.05) is 12.1 Å². The van der Waals surface area contributed by atoms with Gasteiger partial charge in [0.05, 0.1) is 11.1 Å². The third-order valence-corrected chi connectivity index (χ3v) is 3.85. The van der Waals surface area contributed by atoms with Gasteiger partial charge in [-0.2, -0.15) is 0 Å². The first-order chi connectivity index (χ1) is 12.5. The van der Waals surface area contributed by atoms with Crippen molar-refractivity contribution in [2.45, 2.75) is 19.4 Å². The number of halogens is 1. The molecular weight excluding hydrogens is 358 g/mol. The van der Waals surface area contributed by atoms with E-state index in [9.17, 15) is 19.7 Å². The molecule has 1 heterocycles. The first kappa shape index (κ1) is 19.4. The van der Waals surface area contributed by atoms with Crippen LogP contribution in [0.5, 0.6) is 0 Å². The molecule has 1 aromatic heterocycles. The summed E-state index contributed by atoms with van der Waals surface area (Å²) in [5.41, 5.74) is 0.463. The molecular formula is C18H18ClN3O4. The first-order valence-electron chi connectivity index (χ1n) is 8.02. The predicted molar refractivity (Wildman–Crippen MR) is 100 cm³/mol. The molecule has 1 aromatic carbocycles. The number of unbranched alkanes of at least 4 members (excludes halogenated alkanes) is 1. The third kappa shape index (κ3) is 6.18. The van der Waals surface area contributed by atoms with E-state index in [1.165, 1.54) is 29.0 Å². The van der Waals surface area contributed by atoms with Crippen molar-refractivity contribution in [1.29, 1.82) is 0 Å². The summed E-state index contributed by atoms with van der Waals surface area (Å²) < 4.78 is 1.31. The number of carbonyl (C=O) groups is 1. The molecule has 1 amide bonds. The van der Waals surface area contributed by atoms with Gasteiger partial charge in [-0.1, -0.05) is 23.7 Å². The normalized spacial score (nSPS) is 10.8. The zero-order valence-corrected chi connectivity index (χ0v) is 14.7. The number of hydrogen-bond acceptors (Lipinski definition) is 4. The van der Waals surface area contributed by atoms with Crippen LogP contribution in [0.1, 0.15) is 18.4 Å². The van der Waals surface area contributed by atoms with Gasteiger partial charge < -0.3 is 9.88 Å². The molecule has 0 fully saturated rings. The van der Waals surface area contributed by atoms with E-state index in [0.29, 0.717) is 31.0 Å². The second kappa shape index (κ2) is 9.53. The molecule has 0 saturated carbocycles. The summed E-state index contributed by atoms with van der Waals surface area (Å²) in [7, 11) is 0. The van der Waals surface area contributed by atoms with Gasteiger partial charge in [-0.25, -0.2) is 0 Å². The van der Waals surface area contributed by atoms with Crippen molar-refractivity contribution in [3.63, 3.8) is 0 Å². The fraction of sp³-hybridized carbons (Fsp3) is 0.222. The number of nitro groups is 1. The van der Waals surface area contributed by atoms with E-state index in [-0.39, 0.29) is 17.2 Å². The summed E-state index contributed by atoms with van der Waals surface area (Å²) in [6, 6.07) is 9.48. The summed E-state index contributed by atoms with van der Waals surface area (Å²) >= 11 is 5.79. The number of aryl methyl sites for hydroxylation is 1. The highest BCUT2D eigenvalue weighted by atomic mass is 35.5. The van der Waals surface area contributed by atoms with Crippen LogP contribution in [0, 0.1) is 10.1 Å². The lowest BCUT2D eigenvalue weighted by molar-refractivity contribution is -0.385. The van der Waals surface area contributed by atoms with E-state index in [1.54, 1.807) is 18.2 Å². The molecule has 0 bridgehead atoms. The zero-order valence-electron chi connectivity index (χ0n) is 13.9. The van der Waals surface area contributed by atoms with Crippen molar-refractivity contribution in [3.8, 4) is 0 Å². The topological polar surface area (TPSA) is 94.2 Å². The molecule has 0 atom stereocenters. The smallest absolute Gasteiger partial charge is 0.285 e. The van der Waals surface area contributed by atoms with Gasteiger partial charge in [-0.3, -0.25) is 19.7 Å². The number of nitrogens with one attached hydrogen (secondary N) is 1. The quantitative estimate of drug-likeness (QED) is 0.332. The summed E-state index contributed by atoms with van der Waals surface area (Å²) in [6.45, 7) is 0.810. The van der Waals surface area contributed by atoms with Gasteiger partial charge in [0.15, 0.2) is 0 Å². The summed E-state index contributed by atoms with van der Waals surface area (Å²) in [4.78, 5) is 33.6. The maximum Gasteiger partial charge on any atom is 0.285 e. The maximum absolute atomic E-state index is 11.7. The van der Waals surface area contributed by atoms with Crippen molar-refractivity contribution >= 4 is 29.3 Å². The lowest BCUT2D eigenvalue weighted by Gasteiger charge is -2.05. The Morgan fingerprint density at radius 3 is 2.62 bits per heavy atom. The number of aromatic nitrogens is 1. The van der Waals surface area contributed by atoms with E-state index in [4.69, 9.17) is 11.6 Å². The number of carbonyl (C=O) groups excluding carboxylic acids is 1. The second-order valence-electron chi connectivity index (χ2n) is 5.56. The summed E-state index contributed by atoms with van der Waals surface area (Å²) in [5.74, 6) is -0.215. The van der Waals surface area contributed by atoms with Gasteiger partial charge >= 0.3 is 0 Å². The Bertz CT molecular complexity index is 859. The van der Waals surface area contributed by atoms with Gasteiger partial charge in [-0.05, 0) is 36.6 Å². The number of amides is 1. The van der Waals surface area contributed by atoms with Crippen molar-refractivity contribution in [1.82, 2.24) is 9.88 Å². The average Bonchev–Trinajstić information content (AvgIpc) is 2.62. The van der Waals surface area contributed by atoms with Crippen LogP contribution < -0.4 is 10.9 Å². The minimum atomic E-state index is -0.539. The van der Waals surface area contributed by atoms with Gasteiger partial charge in [-0.15, -0.1) is 0 Å². The summed E-state index contributed by atoms with van der Waals surface area (Å²) in [6.07, 6.45) is 5.62. The lowest BCUT2D eigenvalue weighted by Crippen LogP contribution is -2.23. The molecule has 7 nitrogen and oxygen atoms in total. The molecule has 136 valence electrons. The molecule has 0 aliphatic heterocycles. The van der Waals surface area contributed by atoms with Crippen LogP contribution in [0.15, 0.2) is 53.5 Å². The Balaban J connectivity index is 1.72. The Hall–Kier alpha value is -2.93. The minimum Gasteiger partial charge on any atom is -0.353 e. The zero-order chi connectivity index (χ0) is 18.9. The van der Waals surface area contributed by atoms with E-state index < -0.39 is 4.92 Å². The van der Waals surface area contributed by atoms with Crippen LogP contribution in [0.3, 0.4) is 0 Å². The molecule has 8 heteroatoms. The predicted octanol–water partition coefficient (Wildman–Crippen LogP) is 3.02. The van der Waals surface area contributed by atoms with Gasteiger partial charge in [0, 0.05) is 36.3 Å². The monoisotopic (exact) mass is 375 g/mol. The number of rotatable bonds is 8. The van der Waals surface area contributed by atoms with Crippen LogP contribution in [0.2, 0.25) is 5.02 Å².